The van der Waals surface area contributed by atoms with Crippen molar-refractivity contribution >= 4 is 41.0 Å². The van der Waals surface area contributed by atoms with Crippen LogP contribution in [0.1, 0.15) is 44.9 Å². The Labute approximate surface area is 195 Å². The SMILES string of the molecule is CNc1c(NC(CCCCNC(=O)CCCCC2SCC3NC(=O)NC32)C(=O)O)c(=O)c1=O. The summed E-state index contributed by atoms with van der Waals surface area (Å²) < 4.78 is 0. The van der Waals surface area contributed by atoms with Gasteiger partial charge in [0.2, 0.25) is 5.91 Å². The maximum Gasteiger partial charge on any atom is 0.326 e. The first-order valence-electron chi connectivity index (χ1n) is 11.3. The van der Waals surface area contributed by atoms with E-state index < -0.39 is 22.9 Å². The van der Waals surface area contributed by atoms with E-state index in [9.17, 15) is 29.1 Å². The van der Waals surface area contributed by atoms with Crippen molar-refractivity contribution < 1.29 is 19.5 Å². The Kier molecular flexibility index (Phi) is 8.59. The first kappa shape index (κ1) is 24.9. The number of aliphatic carboxylic acids is 1. The fourth-order valence-electron chi connectivity index (χ4n) is 4.26. The van der Waals surface area contributed by atoms with E-state index in [-0.39, 0.29) is 41.8 Å². The number of rotatable bonds is 14. The van der Waals surface area contributed by atoms with Crippen LogP contribution in [0, 0.1) is 0 Å². The van der Waals surface area contributed by atoms with Crippen LogP contribution in [0.2, 0.25) is 0 Å². The van der Waals surface area contributed by atoms with Gasteiger partial charge in [0.1, 0.15) is 17.4 Å². The second-order valence-corrected chi connectivity index (χ2v) is 9.68. The molecule has 0 spiro atoms. The van der Waals surface area contributed by atoms with Crippen LogP contribution < -0.4 is 37.4 Å². The zero-order chi connectivity index (χ0) is 24.0. The molecular weight excluding hydrogens is 450 g/mol. The highest BCUT2D eigenvalue weighted by molar-refractivity contribution is 8.00. The van der Waals surface area contributed by atoms with Crippen LogP contribution in [0.3, 0.4) is 0 Å². The van der Waals surface area contributed by atoms with Gasteiger partial charge >= 0.3 is 12.0 Å². The van der Waals surface area contributed by atoms with Crippen molar-refractivity contribution in [2.24, 2.45) is 0 Å². The van der Waals surface area contributed by atoms with Crippen molar-refractivity contribution in [2.45, 2.75) is 68.3 Å². The van der Waals surface area contributed by atoms with Crippen molar-refractivity contribution in [3.8, 4) is 0 Å². The predicted octanol–water partition coefficient (Wildman–Crippen LogP) is 0.202. The number of unbranched alkanes of at least 4 members (excludes halogenated alkanes) is 2. The molecule has 11 nitrogen and oxygen atoms in total. The standard InChI is InChI=1S/C21H31N5O6S/c1-22-16-17(19(29)18(16)28)24-11(20(30)31)6-4-5-9-23-14(27)8-3-2-7-13-15-12(10-33-13)25-21(32)26-15/h11-13,15,22,24H,2-10H2,1H3,(H,23,27)(H,30,31)(H2,25,26,32). The first-order valence-corrected chi connectivity index (χ1v) is 12.3. The molecule has 0 radical (unpaired) electrons. The van der Waals surface area contributed by atoms with E-state index in [0.29, 0.717) is 31.1 Å². The molecule has 1 aromatic carbocycles. The van der Waals surface area contributed by atoms with Gasteiger partial charge in [-0.3, -0.25) is 14.4 Å². The largest absolute Gasteiger partial charge is 0.480 e. The Morgan fingerprint density at radius 3 is 2.58 bits per heavy atom. The second kappa shape index (κ2) is 11.4. The van der Waals surface area contributed by atoms with Gasteiger partial charge in [-0.05, 0) is 32.1 Å². The van der Waals surface area contributed by atoms with Crippen LogP contribution in [0.5, 0.6) is 0 Å². The van der Waals surface area contributed by atoms with E-state index in [1.165, 1.54) is 7.05 Å². The Hall–Kier alpha value is -2.76. The number of nitrogens with one attached hydrogen (secondary N) is 5. The molecule has 0 aliphatic carbocycles. The Bertz CT molecular complexity index is 946. The normalized spacial score (nSPS) is 22.3. The van der Waals surface area contributed by atoms with Crippen molar-refractivity contribution in [1.82, 2.24) is 16.0 Å². The van der Waals surface area contributed by atoms with Crippen molar-refractivity contribution in [3.63, 3.8) is 0 Å². The van der Waals surface area contributed by atoms with Gasteiger partial charge in [-0.25, -0.2) is 9.59 Å². The quantitative estimate of drug-likeness (QED) is 0.124. The molecule has 0 saturated carbocycles. The number of thioether (sulfide) groups is 1. The molecule has 0 aromatic heterocycles. The summed E-state index contributed by atoms with van der Waals surface area (Å²) >= 11 is 1.86. The lowest BCUT2D eigenvalue weighted by Gasteiger charge is -2.18. The van der Waals surface area contributed by atoms with Crippen LogP contribution in [0.15, 0.2) is 9.59 Å². The highest BCUT2D eigenvalue weighted by atomic mass is 32.2. The third-order valence-corrected chi connectivity index (χ3v) is 7.61. The Balaban J connectivity index is 1.25. The highest BCUT2D eigenvalue weighted by Gasteiger charge is 2.42. The molecule has 3 rings (SSSR count). The van der Waals surface area contributed by atoms with Crippen LogP contribution >= 0.6 is 11.8 Å². The van der Waals surface area contributed by atoms with Crippen LogP contribution in [-0.4, -0.2) is 65.7 Å². The average molecular weight is 482 g/mol. The number of hydrogen-bond donors (Lipinski definition) is 6. The third kappa shape index (κ3) is 6.18. The maximum atomic E-state index is 12.0. The zero-order valence-corrected chi connectivity index (χ0v) is 19.4. The lowest BCUT2D eigenvalue weighted by atomic mass is 10.0. The third-order valence-electron chi connectivity index (χ3n) is 6.10. The summed E-state index contributed by atoms with van der Waals surface area (Å²) in [5, 5.41) is 23.7. The molecule has 2 fully saturated rings. The molecule has 2 aliphatic heterocycles. The number of carbonyl (C=O) groups excluding carboxylic acids is 2. The van der Waals surface area contributed by atoms with E-state index in [2.05, 4.69) is 26.6 Å². The number of hydrogen-bond acceptors (Lipinski definition) is 8. The minimum atomic E-state index is -1.10. The van der Waals surface area contributed by atoms with E-state index in [0.717, 1.165) is 25.0 Å². The second-order valence-electron chi connectivity index (χ2n) is 8.41. The molecule has 2 aliphatic rings. The maximum absolute atomic E-state index is 12.0. The number of urea groups is 1. The van der Waals surface area contributed by atoms with Crippen molar-refractivity contribution in [1.29, 1.82) is 0 Å². The fraction of sp³-hybridized carbons (Fsp3) is 0.667. The number of carboxylic acid groups (broad SMARTS) is 1. The molecule has 182 valence electrons. The van der Waals surface area contributed by atoms with Crippen molar-refractivity contribution in [3.05, 3.63) is 20.4 Å². The van der Waals surface area contributed by atoms with Crippen molar-refractivity contribution in [2.75, 3.05) is 30.0 Å². The van der Waals surface area contributed by atoms with Gasteiger partial charge in [0.15, 0.2) is 0 Å². The van der Waals surface area contributed by atoms with Gasteiger partial charge in [-0.1, -0.05) is 6.42 Å². The van der Waals surface area contributed by atoms with Crippen LogP contribution in [-0.2, 0) is 9.59 Å². The predicted molar refractivity (Wildman–Crippen MR) is 127 cm³/mol. The number of carboxylic acids is 1. The molecule has 3 amide bonds. The lowest BCUT2D eigenvalue weighted by molar-refractivity contribution is -0.138. The van der Waals surface area contributed by atoms with Gasteiger partial charge in [0.25, 0.3) is 10.9 Å². The Morgan fingerprint density at radius 2 is 1.85 bits per heavy atom. The number of carbonyl (C=O) groups is 3. The van der Waals surface area contributed by atoms with E-state index >= 15 is 0 Å². The summed E-state index contributed by atoms with van der Waals surface area (Å²) in [6.45, 7) is 0.451. The molecule has 2 saturated heterocycles. The molecule has 2 heterocycles. The summed E-state index contributed by atoms with van der Waals surface area (Å²) in [7, 11) is 1.50. The van der Waals surface area contributed by atoms with Crippen LogP contribution in [0.25, 0.3) is 0 Å². The number of anilines is 2. The van der Waals surface area contributed by atoms with Crippen LogP contribution in [0.4, 0.5) is 16.2 Å². The molecular formula is C21H31N5O6S. The summed E-state index contributed by atoms with van der Waals surface area (Å²) in [6.07, 6.45) is 4.51. The first-order chi connectivity index (χ1) is 15.8. The molecule has 6 N–H and O–H groups in total. The average Bonchev–Trinajstić information content (AvgIpc) is 3.33. The molecule has 1 aromatic rings. The van der Waals surface area contributed by atoms with E-state index in [1.807, 2.05) is 11.8 Å². The monoisotopic (exact) mass is 481 g/mol. The molecule has 12 heteroatoms. The summed E-state index contributed by atoms with van der Waals surface area (Å²) in [5.74, 6) is -0.206. The van der Waals surface area contributed by atoms with Gasteiger partial charge in [0.05, 0.1) is 12.1 Å². The van der Waals surface area contributed by atoms with Gasteiger partial charge in [0, 0.05) is 31.0 Å². The smallest absolute Gasteiger partial charge is 0.326 e. The topological polar surface area (TPSA) is 166 Å². The fourth-order valence-corrected chi connectivity index (χ4v) is 5.81. The zero-order valence-electron chi connectivity index (χ0n) is 18.6. The molecule has 4 atom stereocenters. The minimum absolute atomic E-state index is 0.0151. The molecule has 0 bridgehead atoms. The highest BCUT2D eigenvalue weighted by Crippen LogP contribution is 2.33. The number of amides is 3. The summed E-state index contributed by atoms with van der Waals surface area (Å²) in [4.78, 5) is 57.9. The number of fused-ring (bicyclic) bond motifs is 1. The Morgan fingerprint density at radius 1 is 1.09 bits per heavy atom. The van der Waals surface area contributed by atoms with Gasteiger partial charge in [-0.15, -0.1) is 0 Å². The molecule has 4 unspecified atom stereocenters. The van der Waals surface area contributed by atoms with E-state index in [4.69, 9.17) is 0 Å². The van der Waals surface area contributed by atoms with Gasteiger partial charge in [-0.2, -0.15) is 11.8 Å². The van der Waals surface area contributed by atoms with Gasteiger partial charge < -0.3 is 31.7 Å². The lowest BCUT2D eigenvalue weighted by Crippen LogP contribution is -2.41. The summed E-state index contributed by atoms with van der Waals surface area (Å²) in [5.41, 5.74) is -1.25. The van der Waals surface area contributed by atoms with E-state index in [1.54, 1.807) is 0 Å². The minimum Gasteiger partial charge on any atom is -0.480 e. The molecule has 33 heavy (non-hydrogen) atoms. The summed E-state index contributed by atoms with van der Waals surface area (Å²) in [6, 6.07) is -0.675.